The van der Waals surface area contributed by atoms with Crippen LogP contribution in [0.5, 0.6) is 0 Å². The highest BCUT2D eigenvalue weighted by Gasteiger charge is 2.20. The van der Waals surface area contributed by atoms with Gasteiger partial charge in [0, 0.05) is 12.6 Å². The van der Waals surface area contributed by atoms with Gasteiger partial charge in [-0.2, -0.15) is 0 Å². The largest absolute Gasteiger partial charge is 0.465 e. The summed E-state index contributed by atoms with van der Waals surface area (Å²) in [5.74, 6) is -0.546. The number of rotatable bonds is 7. The summed E-state index contributed by atoms with van der Waals surface area (Å²) < 4.78 is 30.1. The van der Waals surface area contributed by atoms with E-state index < -0.39 is 16.0 Å². The van der Waals surface area contributed by atoms with Crippen LogP contribution in [-0.2, 0) is 14.8 Å². The maximum atomic E-state index is 12.2. The lowest BCUT2D eigenvalue weighted by molar-refractivity contribution is 0.0600. The molecule has 0 aliphatic heterocycles. The van der Waals surface area contributed by atoms with E-state index in [1.165, 1.54) is 19.6 Å². The van der Waals surface area contributed by atoms with Crippen molar-refractivity contribution in [2.24, 2.45) is 0 Å². The van der Waals surface area contributed by atoms with Crippen molar-refractivity contribution < 1.29 is 22.7 Å². The monoisotopic (exact) mass is 397 g/mol. The number of amides is 2. The van der Waals surface area contributed by atoms with E-state index in [4.69, 9.17) is 0 Å². The van der Waals surface area contributed by atoms with Gasteiger partial charge in [-0.25, -0.2) is 18.0 Å². The molecule has 0 aromatic heterocycles. The molecule has 2 amide bonds. The average Bonchev–Trinajstić information content (AvgIpc) is 2.64. The van der Waals surface area contributed by atoms with Crippen LogP contribution in [0.25, 0.3) is 0 Å². The number of hydrogen-bond donors (Lipinski definition) is 2. The Kier molecular flexibility index (Phi) is 7.46. The molecule has 0 bridgehead atoms. The number of sulfonamides is 1. The number of carbonyl (C=O) groups excluding carboxylic acids is 2. The molecule has 1 saturated carbocycles. The number of methoxy groups -OCH3 is 1. The van der Waals surface area contributed by atoms with Crippen molar-refractivity contribution in [3.05, 3.63) is 29.8 Å². The van der Waals surface area contributed by atoms with Gasteiger partial charge in [-0.05, 0) is 31.0 Å². The molecule has 0 atom stereocenters. The van der Waals surface area contributed by atoms with Crippen molar-refractivity contribution in [1.29, 1.82) is 0 Å². The maximum Gasteiger partial charge on any atom is 0.337 e. The number of carbonyl (C=O) groups is 2. The lowest BCUT2D eigenvalue weighted by Crippen LogP contribution is -2.45. The number of ether oxygens (including phenoxy) is 1. The first-order chi connectivity index (χ1) is 12.8. The van der Waals surface area contributed by atoms with E-state index in [2.05, 4.69) is 15.4 Å². The van der Waals surface area contributed by atoms with Gasteiger partial charge in [-0.1, -0.05) is 25.3 Å². The third-order valence-corrected chi connectivity index (χ3v) is 5.69. The quantitative estimate of drug-likeness (QED) is 0.684. The summed E-state index contributed by atoms with van der Waals surface area (Å²) in [7, 11) is -2.32. The van der Waals surface area contributed by atoms with Gasteiger partial charge in [0.05, 0.1) is 31.2 Å². The molecule has 1 aromatic rings. The van der Waals surface area contributed by atoms with E-state index in [-0.39, 0.29) is 30.7 Å². The Labute approximate surface area is 160 Å². The van der Waals surface area contributed by atoms with E-state index in [0.29, 0.717) is 5.69 Å². The number of nitrogens with zero attached hydrogens (tertiary/aromatic N) is 1. The number of nitrogens with one attached hydrogen (secondary N) is 2. The van der Waals surface area contributed by atoms with Crippen LogP contribution in [0, 0.1) is 0 Å². The van der Waals surface area contributed by atoms with Gasteiger partial charge in [-0.15, -0.1) is 0 Å². The highest BCUT2D eigenvalue weighted by Crippen LogP contribution is 2.19. The first-order valence-electron chi connectivity index (χ1n) is 9.01. The Morgan fingerprint density at radius 2 is 1.93 bits per heavy atom. The zero-order chi connectivity index (χ0) is 19.9. The normalized spacial score (nSPS) is 15.0. The number of urea groups is 1. The molecule has 1 aliphatic carbocycles. The van der Waals surface area contributed by atoms with Crippen LogP contribution in [0.4, 0.5) is 10.5 Å². The van der Waals surface area contributed by atoms with Crippen molar-refractivity contribution in [1.82, 2.24) is 10.6 Å². The molecule has 27 heavy (non-hydrogen) atoms. The van der Waals surface area contributed by atoms with Gasteiger partial charge in [0.25, 0.3) is 0 Å². The van der Waals surface area contributed by atoms with Gasteiger partial charge in [-0.3, -0.25) is 4.31 Å². The lowest BCUT2D eigenvalue weighted by atomic mass is 9.96. The number of benzene rings is 1. The number of hydrogen-bond acceptors (Lipinski definition) is 5. The topological polar surface area (TPSA) is 105 Å². The minimum Gasteiger partial charge on any atom is -0.465 e. The second kappa shape index (κ2) is 9.59. The molecule has 1 aliphatic rings. The number of esters is 1. The van der Waals surface area contributed by atoms with E-state index in [0.717, 1.165) is 36.2 Å². The number of anilines is 1. The van der Waals surface area contributed by atoms with Gasteiger partial charge in [0.2, 0.25) is 10.0 Å². The molecule has 0 radical (unpaired) electrons. The summed E-state index contributed by atoms with van der Waals surface area (Å²) >= 11 is 0. The highest BCUT2D eigenvalue weighted by molar-refractivity contribution is 7.92. The standard InChI is InChI=1S/C18H27N3O5S/c1-26-17(22)14-7-6-10-16(13-14)21(27(2,24)25)12-11-19-18(23)20-15-8-4-3-5-9-15/h6-7,10,13,15H,3-5,8-9,11-12H2,1-2H3,(H2,19,20,23). The summed E-state index contributed by atoms with van der Waals surface area (Å²) in [6.07, 6.45) is 6.47. The van der Waals surface area contributed by atoms with Gasteiger partial charge >= 0.3 is 12.0 Å². The van der Waals surface area contributed by atoms with E-state index in [1.54, 1.807) is 18.2 Å². The Hall–Kier alpha value is -2.29. The van der Waals surface area contributed by atoms with Gasteiger partial charge < -0.3 is 15.4 Å². The Balaban J connectivity index is 1.97. The van der Waals surface area contributed by atoms with Crippen LogP contribution < -0.4 is 14.9 Å². The van der Waals surface area contributed by atoms with Crippen molar-refractivity contribution in [2.45, 2.75) is 38.1 Å². The maximum absolute atomic E-state index is 12.2. The molecule has 9 heteroatoms. The summed E-state index contributed by atoms with van der Waals surface area (Å²) in [5, 5.41) is 5.63. The van der Waals surface area contributed by atoms with Crippen LogP contribution in [0.3, 0.4) is 0 Å². The van der Waals surface area contributed by atoms with Crippen molar-refractivity contribution in [3.8, 4) is 0 Å². The third-order valence-electron chi connectivity index (χ3n) is 4.50. The zero-order valence-electron chi connectivity index (χ0n) is 15.7. The van der Waals surface area contributed by atoms with E-state index in [1.807, 2.05) is 0 Å². The molecular weight excluding hydrogens is 370 g/mol. The predicted molar refractivity (Wildman–Crippen MR) is 103 cm³/mol. The van der Waals surface area contributed by atoms with Crippen LogP contribution in [0.2, 0.25) is 0 Å². The van der Waals surface area contributed by atoms with Gasteiger partial charge in [0.1, 0.15) is 0 Å². The van der Waals surface area contributed by atoms with Crippen LogP contribution in [0.15, 0.2) is 24.3 Å². The fourth-order valence-electron chi connectivity index (χ4n) is 3.15. The second-order valence-corrected chi connectivity index (χ2v) is 8.52. The molecule has 8 nitrogen and oxygen atoms in total. The Bertz CT molecular complexity index is 760. The van der Waals surface area contributed by atoms with Crippen LogP contribution in [-0.4, -0.2) is 52.9 Å². The molecule has 0 heterocycles. The summed E-state index contributed by atoms with van der Waals surface area (Å²) in [6, 6.07) is 6.07. The summed E-state index contributed by atoms with van der Waals surface area (Å²) in [6.45, 7) is 0.204. The third kappa shape index (κ3) is 6.42. The smallest absolute Gasteiger partial charge is 0.337 e. The molecule has 2 N–H and O–H groups in total. The molecule has 0 spiro atoms. The second-order valence-electron chi connectivity index (χ2n) is 6.61. The minimum atomic E-state index is -3.58. The SMILES string of the molecule is COC(=O)c1cccc(N(CCNC(=O)NC2CCCCC2)S(C)(=O)=O)c1. The Morgan fingerprint density at radius 1 is 1.22 bits per heavy atom. The predicted octanol–water partition coefficient (Wildman–Crippen LogP) is 1.87. The molecular formula is C18H27N3O5S. The highest BCUT2D eigenvalue weighted by atomic mass is 32.2. The molecule has 150 valence electrons. The average molecular weight is 397 g/mol. The van der Waals surface area contributed by atoms with Crippen molar-refractivity contribution >= 4 is 27.7 Å². The van der Waals surface area contributed by atoms with Gasteiger partial charge in [0.15, 0.2) is 0 Å². The van der Waals surface area contributed by atoms with Crippen LogP contribution in [0.1, 0.15) is 42.5 Å². The lowest BCUT2D eigenvalue weighted by Gasteiger charge is -2.25. The molecule has 1 fully saturated rings. The fraction of sp³-hybridized carbons (Fsp3) is 0.556. The van der Waals surface area contributed by atoms with Crippen molar-refractivity contribution in [3.63, 3.8) is 0 Å². The molecule has 2 rings (SSSR count). The fourth-order valence-corrected chi connectivity index (χ4v) is 4.07. The zero-order valence-corrected chi connectivity index (χ0v) is 16.5. The summed E-state index contributed by atoms with van der Waals surface area (Å²) in [4.78, 5) is 23.7. The summed E-state index contributed by atoms with van der Waals surface area (Å²) in [5.41, 5.74) is 0.599. The first kappa shape index (κ1) is 21.0. The minimum absolute atomic E-state index is 0.0571. The van der Waals surface area contributed by atoms with Crippen LogP contribution >= 0.6 is 0 Å². The molecule has 0 saturated heterocycles. The van der Waals surface area contributed by atoms with E-state index in [9.17, 15) is 18.0 Å². The van der Waals surface area contributed by atoms with Crippen molar-refractivity contribution in [2.75, 3.05) is 30.8 Å². The first-order valence-corrected chi connectivity index (χ1v) is 10.9. The Morgan fingerprint density at radius 3 is 2.56 bits per heavy atom. The van der Waals surface area contributed by atoms with E-state index >= 15 is 0 Å². The molecule has 0 unspecified atom stereocenters. The molecule has 1 aromatic carbocycles.